The Morgan fingerprint density at radius 2 is 2.15 bits per heavy atom. The number of rotatable bonds is 2. The molecule has 1 aromatic carbocycles. The molecule has 1 fully saturated rings. The van der Waals surface area contributed by atoms with Crippen molar-refractivity contribution in [2.24, 2.45) is 0 Å². The number of oxazole rings is 1. The van der Waals surface area contributed by atoms with Gasteiger partial charge in [-0.3, -0.25) is 0 Å². The fraction of sp³-hybridized carbons (Fsp3) is 0.385. The number of hydrogen-bond acceptors (Lipinski definition) is 5. The molecule has 3 N–H and O–H groups in total. The summed E-state index contributed by atoms with van der Waals surface area (Å²) in [5.41, 5.74) is 0.952. The van der Waals surface area contributed by atoms with E-state index < -0.39 is 6.09 Å². The molecule has 1 amide bonds. The number of piperidine rings is 1. The van der Waals surface area contributed by atoms with Crippen molar-refractivity contribution in [3.8, 4) is 5.75 Å². The van der Waals surface area contributed by atoms with Crippen LogP contribution in [0.25, 0.3) is 11.1 Å². The van der Waals surface area contributed by atoms with Crippen molar-refractivity contribution in [2.75, 3.05) is 18.4 Å². The van der Waals surface area contributed by atoms with Gasteiger partial charge in [-0.15, -0.1) is 0 Å². The second-order valence-corrected chi connectivity index (χ2v) is 4.83. The third kappa shape index (κ3) is 2.34. The number of aromatic hydroxyl groups is 1. The Kier molecular flexibility index (Phi) is 3.09. The molecule has 106 valence electrons. The molecule has 0 bridgehead atoms. The highest BCUT2D eigenvalue weighted by Gasteiger charge is 2.23. The standard InChI is InChI=1S/C13H15N3O4/c17-10-3-1-2-9-11(10)20-12(15-9)14-8-4-6-16(7-5-8)13(18)19/h1-3,8,17H,4-7H2,(H,14,15)(H,18,19). The van der Waals surface area contributed by atoms with Gasteiger partial charge in [0, 0.05) is 19.1 Å². The van der Waals surface area contributed by atoms with E-state index in [1.807, 2.05) is 0 Å². The maximum Gasteiger partial charge on any atom is 0.407 e. The fourth-order valence-corrected chi connectivity index (χ4v) is 2.39. The number of fused-ring (bicyclic) bond motifs is 1. The van der Waals surface area contributed by atoms with Crippen molar-refractivity contribution in [1.29, 1.82) is 0 Å². The summed E-state index contributed by atoms with van der Waals surface area (Å²) in [5, 5.41) is 21.7. The molecule has 7 heteroatoms. The lowest BCUT2D eigenvalue weighted by Gasteiger charge is -2.29. The molecule has 2 heterocycles. The van der Waals surface area contributed by atoms with Crippen molar-refractivity contribution < 1.29 is 19.4 Å². The number of benzene rings is 1. The summed E-state index contributed by atoms with van der Waals surface area (Å²) in [6.45, 7) is 0.997. The lowest BCUT2D eigenvalue weighted by Crippen LogP contribution is -2.41. The van der Waals surface area contributed by atoms with Crippen LogP contribution in [-0.2, 0) is 0 Å². The first-order valence-electron chi connectivity index (χ1n) is 6.46. The topological polar surface area (TPSA) is 98.8 Å². The third-order valence-corrected chi connectivity index (χ3v) is 3.49. The van der Waals surface area contributed by atoms with E-state index >= 15 is 0 Å². The van der Waals surface area contributed by atoms with E-state index in [-0.39, 0.29) is 11.8 Å². The predicted octanol–water partition coefficient (Wildman–Crippen LogP) is 2.09. The first-order chi connectivity index (χ1) is 9.63. The summed E-state index contributed by atoms with van der Waals surface area (Å²) in [7, 11) is 0. The van der Waals surface area contributed by atoms with Crippen molar-refractivity contribution in [3.63, 3.8) is 0 Å². The zero-order valence-electron chi connectivity index (χ0n) is 10.7. The Balaban J connectivity index is 1.68. The predicted molar refractivity (Wildman–Crippen MR) is 71.9 cm³/mol. The number of phenolic OH excluding ortho intramolecular Hbond substituents is 1. The van der Waals surface area contributed by atoms with Gasteiger partial charge in [-0.2, -0.15) is 4.98 Å². The van der Waals surface area contributed by atoms with E-state index in [2.05, 4.69) is 10.3 Å². The van der Waals surface area contributed by atoms with Gasteiger partial charge < -0.3 is 24.8 Å². The summed E-state index contributed by atoms with van der Waals surface area (Å²) in [4.78, 5) is 16.5. The number of nitrogens with zero attached hydrogens (tertiary/aromatic N) is 2. The average Bonchev–Trinajstić information content (AvgIpc) is 2.83. The molecule has 3 rings (SSSR count). The number of hydrogen-bond donors (Lipinski definition) is 3. The van der Waals surface area contributed by atoms with E-state index in [9.17, 15) is 9.90 Å². The van der Waals surface area contributed by atoms with Crippen LogP contribution in [0.5, 0.6) is 5.75 Å². The number of carbonyl (C=O) groups is 1. The number of likely N-dealkylation sites (tertiary alicyclic amines) is 1. The van der Waals surface area contributed by atoms with Gasteiger partial charge in [-0.05, 0) is 25.0 Å². The molecule has 1 aliphatic heterocycles. The zero-order chi connectivity index (χ0) is 14.1. The van der Waals surface area contributed by atoms with Crippen LogP contribution in [-0.4, -0.2) is 45.3 Å². The van der Waals surface area contributed by atoms with Crippen LogP contribution in [0.15, 0.2) is 22.6 Å². The molecule has 20 heavy (non-hydrogen) atoms. The first kappa shape index (κ1) is 12.6. The normalized spacial score (nSPS) is 16.5. The number of amides is 1. The maximum atomic E-state index is 10.8. The molecule has 0 saturated carbocycles. The van der Waals surface area contributed by atoms with E-state index in [1.165, 1.54) is 4.90 Å². The molecule has 0 radical (unpaired) electrons. The molecule has 0 spiro atoms. The summed E-state index contributed by atoms with van der Waals surface area (Å²) in [6, 6.07) is 5.49. The van der Waals surface area contributed by atoms with E-state index in [4.69, 9.17) is 9.52 Å². The number of aromatic nitrogens is 1. The smallest absolute Gasteiger partial charge is 0.407 e. The van der Waals surface area contributed by atoms with E-state index in [0.29, 0.717) is 43.0 Å². The van der Waals surface area contributed by atoms with Crippen molar-refractivity contribution in [2.45, 2.75) is 18.9 Å². The lowest BCUT2D eigenvalue weighted by molar-refractivity contribution is 0.133. The quantitative estimate of drug-likeness (QED) is 0.777. The molecule has 1 saturated heterocycles. The van der Waals surface area contributed by atoms with Gasteiger partial charge in [-0.1, -0.05) is 6.07 Å². The number of anilines is 1. The molecule has 0 atom stereocenters. The minimum Gasteiger partial charge on any atom is -0.504 e. The number of phenols is 1. The molecule has 0 aliphatic carbocycles. The molecule has 0 unspecified atom stereocenters. The third-order valence-electron chi connectivity index (χ3n) is 3.49. The largest absolute Gasteiger partial charge is 0.504 e. The monoisotopic (exact) mass is 277 g/mol. The van der Waals surface area contributed by atoms with Gasteiger partial charge in [0.25, 0.3) is 6.01 Å². The number of para-hydroxylation sites is 1. The van der Waals surface area contributed by atoms with Crippen molar-refractivity contribution in [3.05, 3.63) is 18.2 Å². The summed E-state index contributed by atoms with van der Waals surface area (Å²) in [6.07, 6.45) is 0.531. The van der Waals surface area contributed by atoms with Gasteiger partial charge in [0.05, 0.1) is 0 Å². The SMILES string of the molecule is O=C(O)N1CCC(Nc2nc3cccc(O)c3o2)CC1. The van der Waals surface area contributed by atoms with Crippen LogP contribution in [0.3, 0.4) is 0 Å². The Morgan fingerprint density at radius 1 is 1.40 bits per heavy atom. The van der Waals surface area contributed by atoms with Gasteiger partial charge >= 0.3 is 6.09 Å². The first-order valence-corrected chi connectivity index (χ1v) is 6.46. The van der Waals surface area contributed by atoms with Crippen LogP contribution < -0.4 is 5.32 Å². The molecular formula is C13H15N3O4. The Labute approximate surface area is 114 Å². The Hall–Kier alpha value is -2.44. The van der Waals surface area contributed by atoms with E-state index in [0.717, 1.165) is 0 Å². The molecule has 2 aromatic rings. The van der Waals surface area contributed by atoms with Crippen LogP contribution in [0, 0.1) is 0 Å². The van der Waals surface area contributed by atoms with E-state index in [1.54, 1.807) is 18.2 Å². The summed E-state index contributed by atoms with van der Waals surface area (Å²) < 4.78 is 5.47. The minimum absolute atomic E-state index is 0.0590. The van der Waals surface area contributed by atoms with Crippen molar-refractivity contribution >= 4 is 23.2 Å². The zero-order valence-corrected chi connectivity index (χ0v) is 10.7. The number of nitrogens with one attached hydrogen (secondary N) is 1. The highest BCUT2D eigenvalue weighted by molar-refractivity contribution is 5.80. The maximum absolute atomic E-state index is 10.8. The van der Waals surface area contributed by atoms with Gasteiger partial charge in [0.2, 0.25) is 0 Å². The Morgan fingerprint density at radius 3 is 2.80 bits per heavy atom. The highest BCUT2D eigenvalue weighted by Crippen LogP contribution is 2.28. The van der Waals surface area contributed by atoms with Gasteiger partial charge in [0.15, 0.2) is 11.3 Å². The molecule has 1 aliphatic rings. The van der Waals surface area contributed by atoms with Crippen LogP contribution >= 0.6 is 0 Å². The lowest BCUT2D eigenvalue weighted by atomic mass is 10.1. The highest BCUT2D eigenvalue weighted by atomic mass is 16.4. The van der Waals surface area contributed by atoms with Gasteiger partial charge in [0.1, 0.15) is 5.52 Å². The molecule has 7 nitrogen and oxygen atoms in total. The van der Waals surface area contributed by atoms with Crippen LogP contribution in [0.4, 0.5) is 10.8 Å². The van der Waals surface area contributed by atoms with Crippen LogP contribution in [0.1, 0.15) is 12.8 Å². The fourth-order valence-electron chi connectivity index (χ4n) is 2.39. The minimum atomic E-state index is -0.879. The second kappa shape index (κ2) is 4.92. The molecular weight excluding hydrogens is 262 g/mol. The molecule has 1 aromatic heterocycles. The van der Waals surface area contributed by atoms with Gasteiger partial charge in [-0.25, -0.2) is 4.79 Å². The Bertz CT molecular complexity index is 632. The number of carboxylic acid groups (broad SMARTS) is 1. The average molecular weight is 277 g/mol. The van der Waals surface area contributed by atoms with Crippen LogP contribution in [0.2, 0.25) is 0 Å². The summed E-state index contributed by atoms with van der Waals surface area (Å²) in [5.74, 6) is 0.0590. The van der Waals surface area contributed by atoms with Crippen molar-refractivity contribution in [1.82, 2.24) is 9.88 Å². The summed E-state index contributed by atoms with van der Waals surface area (Å²) >= 11 is 0. The second-order valence-electron chi connectivity index (χ2n) is 4.83.